The fourth-order valence-corrected chi connectivity index (χ4v) is 4.96. The van der Waals surface area contributed by atoms with Gasteiger partial charge in [-0.15, -0.1) is 0 Å². The monoisotopic (exact) mass is 611 g/mol. The van der Waals surface area contributed by atoms with Gasteiger partial charge in [0.2, 0.25) is 23.6 Å². The Kier molecular flexibility index (Phi) is 11.9. The number of rotatable bonds is 5. The van der Waals surface area contributed by atoms with E-state index in [-0.39, 0.29) is 36.7 Å². The molecule has 1 aromatic carbocycles. The van der Waals surface area contributed by atoms with Crippen molar-refractivity contribution in [2.45, 2.75) is 85.0 Å². The van der Waals surface area contributed by atoms with Crippen LogP contribution in [0.4, 0.5) is 0 Å². The van der Waals surface area contributed by atoms with Crippen LogP contribution in [0.5, 0.6) is 5.75 Å². The van der Waals surface area contributed by atoms with Crippen molar-refractivity contribution in [2.24, 2.45) is 13.0 Å². The number of amides is 5. The van der Waals surface area contributed by atoms with E-state index in [4.69, 9.17) is 4.74 Å². The predicted molar refractivity (Wildman–Crippen MR) is 164 cm³/mol. The molecule has 1 aromatic heterocycles. The number of hydrogen-bond acceptors (Lipinski definition) is 7. The highest BCUT2D eigenvalue weighted by molar-refractivity contribution is 6.00. The second kappa shape index (κ2) is 15.3. The van der Waals surface area contributed by atoms with Crippen molar-refractivity contribution in [3.05, 3.63) is 46.8 Å². The Labute approximate surface area is 258 Å². The first-order chi connectivity index (χ1) is 20.8. The molecule has 0 unspecified atom stereocenters. The Hall–Kier alpha value is -4.42. The highest BCUT2D eigenvalue weighted by Gasteiger charge is 2.29. The van der Waals surface area contributed by atoms with Gasteiger partial charge in [-0.1, -0.05) is 26.0 Å². The molecule has 3 rings (SSSR count). The maximum absolute atomic E-state index is 13.4. The van der Waals surface area contributed by atoms with Crippen LogP contribution in [0.1, 0.15) is 67.8 Å². The number of fused-ring (bicyclic) bond motifs is 1. The lowest BCUT2D eigenvalue weighted by molar-refractivity contribution is -0.132. The van der Waals surface area contributed by atoms with E-state index in [1.165, 1.54) is 6.92 Å². The SMILES string of the molecule is Cc1nn(C)c(C)c1CCNC(=O)[C@@H]1CCC(=O)N[C@@H](C)C(=O)N[C@H](C(C)C)C(=O)N[C@@H](C)COc2ccccc2C(=O)N1. The summed E-state index contributed by atoms with van der Waals surface area (Å²) < 4.78 is 7.70. The first-order valence-electron chi connectivity index (χ1n) is 15.0. The van der Waals surface area contributed by atoms with Crippen LogP contribution in [0.3, 0.4) is 0 Å². The Bertz CT molecular complexity index is 1370. The van der Waals surface area contributed by atoms with Crippen molar-refractivity contribution in [1.29, 1.82) is 0 Å². The van der Waals surface area contributed by atoms with Gasteiger partial charge in [0.25, 0.3) is 5.91 Å². The van der Waals surface area contributed by atoms with Crippen molar-refractivity contribution >= 4 is 29.5 Å². The van der Waals surface area contributed by atoms with Crippen molar-refractivity contribution in [3.63, 3.8) is 0 Å². The molecule has 2 aromatic rings. The molecule has 0 saturated heterocycles. The molecule has 0 fully saturated rings. The molecule has 0 saturated carbocycles. The molecule has 1 aliphatic heterocycles. The van der Waals surface area contributed by atoms with Gasteiger partial charge in [0.1, 0.15) is 30.5 Å². The fourth-order valence-electron chi connectivity index (χ4n) is 4.96. The number of carbonyl (C=O) groups is 5. The topological polar surface area (TPSA) is 173 Å². The summed E-state index contributed by atoms with van der Waals surface area (Å²) in [4.78, 5) is 65.4. The minimum Gasteiger partial charge on any atom is -0.491 e. The Morgan fingerprint density at radius 2 is 1.75 bits per heavy atom. The van der Waals surface area contributed by atoms with Gasteiger partial charge in [-0.2, -0.15) is 5.10 Å². The number of nitrogens with one attached hydrogen (secondary N) is 5. The van der Waals surface area contributed by atoms with Crippen LogP contribution in [0, 0.1) is 19.8 Å². The molecule has 2 heterocycles. The molecular formula is C31H45N7O6. The van der Waals surface area contributed by atoms with Gasteiger partial charge in [-0.3, -0.25) is 28.7 Å². The molecule has 1 aliphatic rings. The summed E-state index contributed by atoms with van der Waals surface area (Å²) in [5, 5.41) is 18.2. The van der Waals surface area contributed by atoms with E-state index in [9.17, 15) is 24.0 Å². The van der Waals surface area contributed by atoms with Crippen LogP contribution in [0.15, 0.2) is 24.3 Å². The third kappa shape index (κ3) is 9.04. The van der Waals surface area contributed by atoms with Crippen molar-refractivity contribution in [3.8, 4) is 5.75 Å². The highest BCUT2D eigenvalue weighted by Crippen LogP contribution is 2.19. The Balaban J connectivity index is 1.83. The molecule has 0 aliphatic carbocycles. The summed E-state index contributed by atoms with van der Waals surface area (Å²) in [6.07, 6.45) is 0.397. The number of nitrogens with zero attached hydrogens (tertiary/aromatic N) is 2. The van der Waals surface area contributed by atoms with Gasteiger partial charge in [0.15, 0.2) is 0 Å². The van der Waals surface area contributed by atoms with Crippen molar-refractivity contribution < 1.29 is 28.7 Å². The van der Waals surface area contributed by atoms with Crippen LogP contribution in [-0.4, -0.2) is 76.6 Å². The molecule has 44 heavy (non-hydrogen) atoms. The van der Waals surface area contributed by atoms with E-state index in [0.717, 1.165) is 17.0 Å². The van der Waals surface area contributed by atoms with E-state index >= 15 is 0 Å². The summed E-state index contributed by atoms with van der Waals surface area (Å²) in [6.45, 7) is 11.1. The quantitative estimate of drug-likeness (QED) is 0.333. The summed E-state index contributed by atoms with van der Waals surface area (Å²) in [6, 6.07) is 3.32. The van der Waals surface area contributed by atoms with E-state index in [0.29, 0.717) is 13.0 Å². The van der Waals surface area contributed by atoms with Crippen molar-refractivity contribution in [2.75, 3.05) is 13.2 Å². The molecular weight excluding hydrogens is 566 g/mol. The first kappa shape index (κ1) is 34.1. The highest BCUT2D eigenvalue weighted by atomic mass is 16.5. The fraction of sp³-hybridized carbons (Fsp3) is 0.548. The average molecular weight is 612 g/mol. The number of ether oxygens (including phenoxy) is 1. The molecule has 4 atom stereocenters. The maximum atomic E-state index is 13.4. The second-order valence-electron chi connectivity index (χ2n) is 11.6. The minimum atomic E-state index is -1.04. The zero-order valence-corrected chi connectivity index (χ0v) is 26.6. The molecule has 0 spiro atoms. The van der Waals surface area contributed by atoms with Gasteiger partial charge in [-0.25, -0.2) is 0 Å². The van der Waals surface area contributed by atoms with Gasteiger partial charge in [0, 0.05) is 25.7 Å². The minimum absolute atomic E-state index is 0.0141. The summed E-state index contributed by atoms with van der Waals surface area (Å²) in [5.74, 6) is -2.34. The number of benzene rings is 1. The average Bonchev–Trinajstić information content (AvgIpc) is 3.21. The number of aryl methyl sites for hydroxylation is 2. The molecule has 0 bridgehead atoms. The standard InChI is InChI=1S/C31H45N7O6/c1-17(2)27-31(43)33-18(3)16-44-25-11-9-8-10-23(25)29(41)35-24(12-13-26(39)34-20(5)28(40)36-27)30(42)32-15-14-22-19(4)37-38(7)21(22)6/h8-11,17-18,20,24,27H,12-16H2,1-7H3,(H,32,42)(H,33,43)(H,34,39)(H,35,41)(H,36,40)/t18-,20-,24-,27+/m0/s1. The summed E-state index contributed by atoms with van der Waals surface area (Å²) in [5.41, 5.74) is 3.12. The largest absolute Gasteiger partial charge is 0.491 e. The molecule has 13 heteroatoms. The van der Waals surface area contributed by atoms with Crippen LogP contribution < -0.4 is 31.3 Å². The third-order valence-corrected chi connectivity index (χ3v) is 7.64. The number of aromatic nitrogens is 2. The van der Waals surface area contributed by atoms with E-state index in [1.807, 2.05) is 20.9 Å². The van der Waals surface area contributed by atoms with Gasteiger partial charge in [0.05, 0.1) is 17.3 Å². The lowest BCUT2D eigenvalue weighted by Gasteiger charge is -2.26. The number of hydrogen-bond donors (Lipinski definition) is 5. The molecule has 240 valence electrons. The van der Waals surface area contributed by atoms with E-state index < -0.39 is 53.7 Å². The van der Waals surface area contributed by atoms with Gasteiger partial charge >= 0.3 is 0 Å². The predicted octanol–water partition coefficient (Wildman–Crippen LogP) is 0.817. The number of carbonyl (C=O) groups excluding carboxylic acids is 5. The van der Waals surface area contributed by atoms with Crippen molar-refractivity contribution in [1.82, 2.24) is 36.4 Å². The van der Waals surface area contributed by atoms with Gasteiger partial charge in [-0.05, 0) is 64.2 Å². The van der Waals surface area contributed by atoms with Crippen LogP contribution >= 0.6 is 0 Å². The normalized spacial score (nSPS) is 22.4. The van der Waals surface area contributed by atoms with E-state index in [1.54, 1.807) is 49.7 Å². The second-order valence-corrected chi connectivity index (χ2v) is 11.6. The Morgan fingerprint density at radius 1 is 1.05 bits per heavy atom. The molecule has 5 amide bonds. The van der Waals surface area contributed by atoms with Crippen LogP contribution in [0.25, 0.3) is 0 Å². The molecule has 13 nitrogen and oxygen atoms in total. The third-order valence-electron chi connectivity index (χ3n) is 7.64. The first-order valence-corrected chi connectivity index (χ1v) is 15.0. The van der Waals surface area contributed by atoms with E-state index in [2.05, 4.69) is 31.7 Å². The van der Waals surface area contributed by atoms with Gasteiger partial charge < -0.3 is 31.3 Å². The molecule has 0 radical (unpaired) electrons. The lowest BCUT2D eigenvalue weighted by Crippen LogP contribution is -2.56. The maximum Gasteiger partial charge on any atom is 0.255 e. The number of para-hydroxylation sites is 1. The zero-order valence-electron chi connectivity index (χ0n) is 26.6. The van der Waals surface area contributed by atoms with Crippen LogP contribution in [0.2, 0.25) is 0 Å². The smallest absolute Gasteiger partial charge is 0.255 e. The zero-order chi connectivity index (χ0) is 32.6. The summed E-state index contributed by atoms with van der Waals surface area (Å²) in [7, 11) is 1.86. The molecule has 5 N–H and O–H groups in total. The van der Waals surface area contributed by atoms with Crippen LogP contribution in [-0.2, 0) is 32.6 Å². The Morgan fingerprint density at radius 3 is 2.41 bits per heavy atom. The lowest BCUT2D eigenvalue weighted by atomic mass is 10.0. The summed E-state index contributed by atoms with van der Waals surface area (Å²) >= 11 is 0.